The summed E-state index contributed by atoms with van der Waals surface area (Å²) in [5.41, 5.74) is 4.72. The minimum Gasteiger partial charge on any atom is -0.455 e. The molecule has 1 heterocycles. The van der Waals surface area contributed by atoms with Gasteiger partial charge in [0.2, 0.25) is 0 Å². The molecule has 3 aromatic rings. The lowest BCUT2D eigenvalue weighted by molar-refractivity contribution is -0.146. The van der Waals surface area contributed by atoms with Crippen molar-refractivity contribution in [3.8, 4) is 10.6 Å². The van der Waals surface area contributed by atoms with Crippen molar-refractivity contribution in [1.29, 1.82) is 0 Å². The average molecular weight is 394 g/mol. The first kappa shape index (κ1) is 19.8. The molecular weight excluding hydrogens is 372 g/mol. The van der Waals surface area contributed by atoms with E-state index in [1.807, 2.05) is 36.6 Å². The molecule has 0 atom stereocenters. The summed E-state index contributed by atoms with van der Waals surface area (Å²) in [4.78, 5) is 28.4. The summed E-state index contributed by atoms with van der Waals surface area (Å²) in [7, 11) is 0. The molecule has 1 N–H and O–H groups in total. The van der Waals surface area contributed by atoms with E-state index in [1.165, 1.54) is 16.9 Å². The van der Waals surface area contributed by atoms with Gasteiger partial charge in [-0.3, -0.25) is 9.59 Å². The highest BCUT2D eigenvalue weighted by atomic mass is 32.1. The second-order valence-electron chi connectivity index (χ2n) is 6.45. The molecule has 0 radical (unpaired) electrons. The maximum Gasteiger partial charge on any atom is 0.312 e. The summed E-state index contributed by atoms with van der Waals surface area (Å²) in [5, 5.41) is 5.40. The molecule has 0 bridgehead atoms. The van der Waals surface area contributed by atoms with E-state index in [0.29, 0.717) is 11.4 Å². The van der Waals surface area contributed by atoms with Gasteiger partial charge in [0.25, 0.3) is 5.91 Å². The Hall–Kier alpha value is -2.99. The Bertz CT molecular complexity index is 947. The van der Waals surface area contributed by atoms with Crippen molar-refractivity contribution in [3.05, 3.63) is 70.7 Å². The van der Waals surface area contributed by atoms with Crippen LogP contribution in [0, 0.1) is 6.92 Å². The average Bonchev–Trinajstić information content (AvgIpc) is 3.16. The second kappa shape index (κ2) is 9.28. The number of carbonyl (C=O) groups is 2. The van der Waals surface area contributed by atoms with Gasteiger partial charge in [-0.1, -0.05) is 48.9 Å². The maximum absolute atomic E-state index is 12.0. The molecule has 2 aromatic carbocycles. The number of amides is 1. The van der Waals surface area contributed by atoms with Crippen LogP contribution in [0.5, 0.6) is 0 Å². The molecule has 3 rings (SSSR count). The Morgan fingerprint density at radius 2 is 1.79 bits per heavy atom. The summed E-state index contributed by atoms with van der Waals surface area (Å²) in [5.74, 6) is -0.843. The van der Waals surface area contributed by atoms with Gasteiger partial charge in [0.15, 0.2) is 6.61 Å². The Balaban J connectivity index is 1.48. The van der Waals surface area contributed by atoms with Gasteiger partial charge in [0.05, 0.1) is 12.1 Å². The van der Waals surface area contributed by atoms with E-state index in [4.69, 9.17) is 4.74 Å². The molecule has 1 aromatic heterocycles. The number of hydrogen-bond acceptors (Lipinski definition) is 5. The number of aromatic nitrogens is 1. The second-order valence-corrected chi connectivity index (χ2v) is 7.30. The summed E-state index contributed by atoms with van der Waals surface area (Å²) < 4.78 is 5.06. The predicted octanol–water partition coefficient (Wildman–Crippen LogP) is 4.41. The third-order valence-electron chi connectivity index (χ3n) is 4.19. The molecule has 0 aliphatic carbocycles. The molecule has 6 heteroatoms. The van der Waals surface area contributed by atoms with E-state index >= 15 is 0 Å². The van der Waals surface area contributed by atoms with Crippen LogP contribution in [0.1, 0.15) is 23.7 Å². The molecule has 0 aliphatic rings. The largest absolute Gasteiger partial charge is 0.455 e. The third-order valence-corrected chi connectivity index (χ3v) is 5.13. The minimum absolute atomic E-state index is 0.0430. The van der Waals surface area contributed by atoms with E-state index in [1.54, 1.807) is 12.1 Å². The van der Waals surface area contributed by atoms with Crippen molar-refractivity contribution in [2.45, 2.75) is 26.7 Å². The van der Waals surface area contributed by atoms with E-state index in [9.17, 15) is 9.59 Å². The summed E-state index contributed by atoms with van der Waals surface area (Å²) in [6.07, 6.45) is 1.04. The lowest BCUT2D eigenvalue weighted by Crippen LogP contribution is -2.21. The first-order chi connectivity index (χ1) is 13.5. The van der Waals surface area contributed by atoms with Gasteiger partial charge in [-0.05, 0) is 31.0 Å². The summed E-state index contributed by atoms with van der Waals surface area (Å²) in [6.45, 7) is 3.77. The Labute approximate surface area is 168 Å². The number of nitrogens with one attached hydrogen (secondary N) is 1. The molecular formula is C22H22N2O3S. The quantitative estimate of drug-likeness (QED) is 0.603. The van der Waals surface area contributed by atoms with Gasteiger partial charge in [0.1, 0.15) is 5.01 Å². The normalized spacial score (nSPS) is 10.5. The zero-order chi connectivity index (χ0) is 19.9. The molecule has 0 saturated carbocycles. The number of benzene rings is 2. The van der Waals surface area contributed by atoms with Gasteiger partial charge in [-0.25, -0.2) is 4.98 Å². The van der Waals surface area contributed by atoms with Crippen LogP contribution in [0.4, 0.5) is 5.69 Å². The molecule has 5 nitrogen and oxygen atoms in total. The van der Waals surface area contributed by atoms with Gasteiger partial charge in [0, 0.05) is 16.6 Å². The van der Waals surface area contributed by atoms with Crippen molar-refractivity contribution >= 4 is 28.9 Å². The summed E-state index contributed by atoms with van der Waals surface area (Å²) >= 11 is 1.49. The molecule has 0 aliphatic heterocycles. The summed E-state index contributed by atoms with van der Waals surface area (Å²) in [6, 6.07) is 15.6. The van der Waals surface area contributed by atoms with Crippen LogP contribution in [0.3, 0.4) is 0 Å². The topological polar surface area (TPSA) is 68.3 Å². The van der Waals surface area contributed by atoms with Crippen molar-refractivity contribution in [3.63, 3.8) is 0 Å². The standard InChI is InChI=1S/C22H22N2O3S/c1-3-16-6-8-17(9-7-16)22-24-19(14-28-22)12-21(26)27-13-20(25)23-18-10-4-15(2)5-11-18/h4-11,14H,3,12-13H2,1-2H3,(H,23,25). The molecule has 144 valence electrons. The highest BCUT2D eigenvalue weighted by Gasteiger charge is 2.12. The van der Waals surface area contributed by atoms with Gasteiger partial charge < -0.3 is 10.1 Å². The van der Waals surface area contributed by atoms with Crippen molar-refractivity contribution in [2.75, 3.05) is 11.9 Å². The van der Waals surface area contributed by atoms with Gasteiger partial charge >= 0.3 is 5.97 Å². The van der Waals surface area contributed by atoms with Crippen LogP contribution in [0.25, 0.3) is 10.6 Å². The highest BCUT2D eigenvalue weighted by molar-refractivity contribution is 7.13. The van der Waals surface area contributed by atoms with E-state index in [0.717, 1.165) is 22.6 Å². The third kappa shape index (κ3) is 5.50. The fourth-order valence-electron chi connectivity index (χ4n) is 2.58. The van der Waals surface area contributed by atoms with E-state index in [-0.39, 0.29) is 18.9 Å². The number of thiazole rings is 1. The fraction of sp³-hybridized carbons (Fsp3) is 0.227. The number of carbonyl (C=O) groups excluding carboxylic acids is 2. The number of hydrogen-bond donors (Lipinski definition) is 1. The van der Waals surface area contributed by atoms with E-state index < -0.39 is 5.97 Å². The van der Waals surface area contributed by atoms with Crippen molar-refractivity contribution in [1.82, 2.24) is 4.98 Å². The maximum atomic E-state index is 12.0. The molecule has 0 unspecified atom stereocenters. The van der Waals surface area contributed by atoms with Crippen LogP contribution < -0.4 is 5.32 Å². The molecule has 0 fully saturated rings. The number of anilines is 1. The Morgan fingerprint density at radius 3 is 2.46 bits per heavy atom. The van der Waals surface area contributed by atoms with Crippen LogP contribution in [-0.4, -0.2) is 23.5 Å². The Kier molecular flexibility index (Phi) is 6.55. The number of esters is 1. The van der Waals surface area contributed by atoms with Crippen LogP contribution >= 0.6 is 11.3 Å². The minimum atomic E-state index is -0.475. The number of aryl methyl sites for hydroxylation is 2. The zero-order valence-electron chi connectivity index (χ0n) is 15.9. The monoisotopic (exact) mass is 394 g/mol. The van der Waals surface area contributed by atoms with Gasteiger partial charge in [-0.15, -0.1) is 11.3 Å². The van der Waals surface area contributed by atoms with E-state index in [2.05, 4.69) is 29.4 Å². The van der Waals surface area contributed by atoms with Crippen molar-refractivity contribution in [2.24, 2.45) is 0 Å². The number of rotatable bonds is 7. The molecule has 28 heavy (non-hydrogen) atoms. The predicted molar refractivity (Wildman–Crippen MR) is 111 cm³/mol. The smallest absolute Gasteiger partial charge is 0.312 e. The van der Waals surface area contributed by atoms with Gasteiger partial charge in [-0.2, -0.15) is 0 Å². The van der Waals surface area contributed by atoms with Crippen LogP contribution in [0.2, 0.25) is 0 Å². The molecule has 0 saturated heterocycles. The Morgan fingerprint density at radius 1 is 1.07 bits per heavy atom. The first-order valence-corrected chi connectivity index (χ1v) is 9.97. The first-order valence-electron chi connectivity index (χ1n) is 9.09. The lowest BCUT2D eigenvalue weighted by Gasteiger charge is -2.06. The highest BCUT2D eigenvalue weighted by Crippen LogP contribution is 2.24. The SMILES string of the molecule is CCc1ccc(-c2nc(CC(=O)OCC(=O)Nc3ccc(C)cc3)cs2)cc1. The van der Waals surface area contributed by atoms with Crippen molar-refractivity contribution < 1.29 is 14.3 Å². The number of ether oxygens (including phenoxy) is 1. The fourth-order valence-corrected chi connectivity index (χ4v) is 3.41. The lowest BCUT2D eigenvalue weighted by atomic mass is 10.1. The molecule has 0 spiro atoms. The molecule has 1 amide bonds. The zero-order valence-corrected chi connectivity index (χ0v) is 16.7. The van der Waals surface area contributed by atoms with Crippen LogP contribution in [0.15, 0.2) is 53.9 Å². The number of nitrogens with zero attached hydrogens (tertiary/aromatic N) is 1. The van der Waals surface area contributed by atoms with Crippen LogP contribution in [-0.2, 0) is 27.2 Å².